The van der Waals surface area contributed by atoms with Gasteiger partial charge in [0.05, 0.1) is 17.2 Å². The molecule has 1 amide bonds. The molecular weight excluding hydrogens is 483 g/mol. The fraction of sp³-hybridized carbons (Fsp3) is 0.179. The van der Waals surface area contributed by atoms with Crippen molar-refractivity contribution in [3.8, 4) is 6.07 Å². The number of nitriles is 1. The Balaban J connectivity index is 1.29. The second kappa shape index (κ2) is 10.5. The molecule has 0 fully saturated rings. The summed E-state index contributed by atoms with van der Waals surface area (Å²) in [6.45, 7) is 2.91. The standard InChI is InChI=1S/C28H25FN8O/c1-16(19-6-8-21(29)9-7-19)37-28(38)22-10-18(11-30)13-33-26(22)32-12-17-2-4-20(5-3-17)23-14-34-27-24(23)25(31)35-15-36-27/h2-10,13,15-16,23H,12,14H2,1H3,(H,32,33)(H,37,38)(H3,31,34,35,36)/t16-,23?/m0/s1. The number of hydrogen-bond donors (Lipinski definition) is 4. The number of rotatable bonds is 7. The molecule has 38 heavy (non-hydrogen) atoms. The predicted molar refractivity (Wildman–Crippen MR) is 142 cm³/mol. The van der Waals surface area contributed by atoms with Crippen LogP contribution in [0.4, 0.5) is 21.8 Å². The maximum absolute atomic E-state index is 13.3. The Kier molecular flexibility index (Phi) is 6.82. The lowest BCUT2D eigenvalue weighted by atomic mass is 9.93. The molecule has 4 aromatic rings. The van der Waals surface area contributed by atoms with E-state index in [1.54, 1.807) is 19.1 Å². The molecule has 0 aliphatic carbocycles. The number of anilines is 3. The van der Waals surface area contributed by atoms with Crippen LogP contribution >= 0.6 is 0 Å². The van der Waals surface area contributed by atoms with Crippen LogP contribution in [0.1, 0.15) is 57.1 Å². The van der Waals surface area contributed by atoms with E-state index in [2.05, 4.69) is 30.9 Å². The number of carbonyl (C=O) groups excluding carboxylic acids is 1. The number of nitrogens with one attached hydrogen (secondary N) is 3. The van der Waals surface area contributed by atoms with Crippen LogP contribution in [0.3, 0.4) is 0 Å². The molecular formula is C28H25FN8O. The minimum Gasteiger partial charge on any atom is -0.383 e. The lowest BCUT2D eigenvalue weighted by molar-refractivity contribution is 0.0940. The van der Waals surface area contributed by atoms with Gasteiger partial charge in [-0.1, -0.05) is 36.4 Å². The highest BCUT2D eigenvalue weighted by atomic mass is 19.1. The summed E-state index contributed by atoms with van der Waals surface area (Å²) in [5, 5.41) is 18.7. The Bertz CT molecular complexity index is 1520. The molecule has 1 aliphatic heterocycles. The maximum atomic E-state index is 13.3. The molecule has 190 valence electrons. The van der Waals surface area contributed by atoms with Crippen molar-refractivity contribution in [3.05, 3.63) is 106 Å². The molecule has 2 atom stereocenters. The molecule has 2 aromatic carbocycles. The van der Waals surface area contributed by atoms with E-state index in [-0.39, 0.29) is 28.9 Å². The number of nitrogens with zero attached hydrogens (tertiary/aromatic N) is 4. The molecule has 9 nitrogen and oxygen atoms in total. The van der Waals surface area contributed by atoms with Gasteiger partial charge in [0, 0.05) is 30.8 Å². The van der Waals surface area contributed by atoms with E-state index in [1.807, 2.05) is 30.3 Å². The van der Waals surface area contributed by atoms with Gasteiger partial charge in [-0.2, -0.15) is 5.26 Å². The van der Waals surface area contributed by atoms with Gasteiger partial charge in [0.15, 0.2) is 0 Å². The van der Waals surface area contributed by atoms with Gasteiger partial charge in [-0.25, -0.2) is 19.3 Å². The average molecular weight is 509 g/mol. The van der Waals surface area contributed by atoms with E-state index in [9.17, 15) is 14.4 Å². The lowest BCUT2D eigenvalue weighted by Gasteiger charge is -2.17. The van der Waals surface area contributed by atoms with Gasteiger partial charge in [0.2, 0.25) is 0 Å². The van der Waals surface area contributed by atoms with E-state index >= 15 is 0 Å². The maximum Gasteiger partial charge on any atom is 0.255 e. The normalized spacial score (nSPS) is 14.6. The molecule has 5 rings (SSSR count). The minimum absolute atomic E-state index is 0.0618. The smallest absolute Gasteiger partial charge is 0.255 e. The van der Waals surface area contributed by atoms with Crippen LogP contribution in [0.15, 0.2) is 67.1 Å². The summed E-state index contributed by atoms with van der Waals surface area (Å²) in [5.41, 5.74) is 10.4. The minimum atomic E-state index is -0.392. The molecule has 3 heterocycles. The van der Waals surface area contributed by atoms with E-state index in [1.165, 1.54) is 30.7 Å². The molecule has 1 unspecified atom stereocenters. The Morgan fingerprint density at radius 1 is 1.18 bits per heavy atom. The Morgan fingerprint density at radius 3 is 2.68 bits per heavy atom. The van der Waals surface area contributed by atoms with E-state index in [0.717, 1.165) is 28.1 Å². The van der Waals surface area contributed by atoms with Gasteiger partial charge in [0.1, 0.15) is 35.7 Å². The second-order valence-electron chi connectivity index (χ2n) is 9.03. The summed E-state index contributed by atoms with van der Waals surface area (Å²) in [7, 11) is 0. The monoisotopic (exact) mass is 508 g/mol. The van der Waals surface area contributed by atoms with Gasteiger partial charge in [-0.15, -0.1) is 0 Å². The number of pyridine rings is 1. The van der Waals surface area contributed by atoms with Crippen LogP contribution in [-0.2, 0) is 6.54 Å². The fourth-order valence-electron chi connectivity index (χ4n) is 4.48. The summed E-state index contributed by atoms with van der Waals surface area (Å²) in [4.78, 5) is 25.8. The van der Waals surface area contributed by atoms with Crippen molar-refractivity contribution in [3.63, 3.8) is 0 Å². The van der Waals surface area contributed by atoms with Gasteiger partial charge in [-0.05, 0) is 41.8 Å². The molecule has 0 saturated carbocycles. The summed E-state index contributed by atoms with van der Waals surface area (Å²) >= 11 is 0. The third kappa shape index (κ3) is 5.08. The van der Waals surface area contributed by atoms with Crippen molar-refractivity contribution < 1.29 is 9.18 Å². The van der Waals surface area contributed by atoms with Crippen molar-refractivity contribution in [1.29, 1.82) is 5.26 Å². The first-order chi connectivity index (χ1) is 18.4. The number of amides is 1. The number of carbonyl (C=O) groups is 1. The van der Waals surface area contributed by atoms with Crippen LogP contribution in [0.5, 0.6) is 0 Å². The van der Waals surface area contributed by atoms with Crippen molar-refractivity contribution in [2.24, 2.45) is 0 Å². The van der Waals surface area contributed by atoms with E-state index < -0.39 is 5.91 Å². The summed E-state index contributed by atoms with van der Waals surface area (Å²) in [6.07, 6.45) is 2.87. The first-order valence-electron chi connectivity index (χ1n) is 12.1. The van der Waals surface area contributed by atoms with Gasteiger partial charge < -0.3 is 21.7 Å². The van der Waals surface area contributed by atoms with Crippen molar-refractivity contribution >= 4 is 23.4 Å². The number of hydrogen-bond acceptors (Lipinski definition) is 8. The number of benzene rings is 2. The van der Waals surface area contributed by atoms with Crippen molar-refractivity contribution in [2.45, 2.75) is 25.4 Å². The average Bonchev–Trinajstić information content (AvgIpc) is 3.38. The predicted octanol–water partition coefficient (Wildman–Crippen LogP) is 4.13. The zero-order chi connectivity index (χ0) is 26.6. The van der Waals surface area contributed by atoms with Crippen LogP contribution in [0.2, 0.25) is 0 Å². The summed E-state index contributed by atoms with van der Waals surface area (Å²) in [5.74, 6) is 0.918. The highest BCUT2D eigenvalue weighted by Gasteiger charge is 2.27. The zero-order valence-corrected chi connectivity index (χ0v) is 20.6. The third-order valence-electron chi connectivity index (χ3n) is 6.56. The van der Waals surface area contributed by atoms with Crippen molar-refractivity contribution in [1.82, 2.24) is 20.3 Å². The summed E-state index contributed by atoms with van der Waals surface area (Å²) in [6, 6.07) is 17.2. The molecule has 5 N–H and O–H groups in total. The topological polar surface area (TPSA) is 142 Å². The Hall–Kier alpha value is -5.04. The number of nitrogens with two attached hydrogens (primary N) is 1. The van der Waals surface area contributed by atoms with E-state index in [0.29, 0.717) is 24.7 Å². The molecule has 0 spiro atoms. The van der Waals surface area contributed by atoms with Crippen molar-refractivity contribution in [2.75, 3.05) is 22.9 Å². The van der Waals surface area contributed by atoms with Crippen LogP contribution in [-0.4, -0.2) is 27.4 Å². The number of halogens is 1. The van der Waals surface area contributed by atoms with Gasteiger partial charge >= 0.3 is 0 Å². The zero-order valence-electron chi connectivity index (χ0n) is 20.6. The van der Waals surface area contributed by atoms with E-state index in [4.69, 9.17) is 5.73 Å². The molecule has 2 aromatic heterocycles. The fourth-order valence-corrected chi connectivity index (χ4v) is 4.48. The van der Waals surface area contributed by atoms with Crippen LogP contribution in [0, 0.1) is 17.1 Å². The van der Waals surface area contributed by atoms with Crippen LogP contribution in [0.25, 0.3) is 0 Å². The van der Waals surface area contributed by atoms with Gasteiger partial charge in [0.25, 0.3) is 5.91 Å². The number of aromatic nitrogens is 3. The first kappa shape index (κ1) is 24.6. The molecule has 0 bridgehead atoms. The highest BCUT2D eigenvalue weighted by Crippen LogP contribution is 2.37. The summed E-state index contributed by atoms with van der Waals surface area (Å²) < 4.78 is 13.3. The number of fused-ring (bicyclic) bond motifs is 1. The first-order valence-corrected chi connectivity index (χ1v) is 12.1. The third-order valence-corrected chi connectivity index (χ3v) is 6.56. The highest BCUT2D eigenvalue weighted by molar-refractivity contribution is 5.99. The molecule has 10 heteroatoms. The Morgan fingerprint density at radius 2 is 1.95 bits per heavy atom. The number of nitrogen functional groups attached to an aromatic ring is 1. The Labute approximate surface area is 219 Å². The molecule has 0 saturated heterocycles. The van der Waals surface area contributed by atoms with Crippen LogP contribution < -0.4 is 21.7 Å². The SMILES string of the molecule is C[C@H](NC(=O)c1cc(C#N)cnc1NCc1ccc(C2CNc3ncnc(N)c32)cc1)c1ccc(F)cc1. The van der Waals surface area contributed by atoms with Gasteiger partial charge in [-0.3, -0.25) is 4.79 Å². The molecule has 0 radical (unpaired) electrons. The largest absolute Gasteiger partial charge is 0.383 e. The quantitative estimate of drug-likeness (QED) is 0.292. The second-order valence-corrected chi connectivity index (χ2v) is 9.03. The molecule has 1 aliphatic rings. The lowest BCUT2D eigenvalue weighted by Crippen LogP contribution is -2.28.